The van der Waals surface area contributed by atoms with Crippen LogP contribution in [0.15, 0.2) is 36.7 Å². The Labute approximate surface area is 147 Å². The number of piperidine rings is 1. The number of nitrogens with one attached hydrogen (secondary N) is 1. The summed E-state index contributed by atoms with van der Waals surface area (Å²) in [4.78, 5) is 23.1. The molecule has 5 nitrogen and oxygen atoms in total. The number of hydrogen-bond acceptors (Lipinski definition) is 4. The lowest BCUT2D eigenvalue weighted by Gasteiger charge is -2.30. The monoisotopic (exact) mass is 344 g/mol. The van der Waals surface area contributed by atoms with E-state index in [0.29, 0.717) is 23.1 Å². The van der Waals surface area contributed by atoms with Gasteiger partial charge in [0.2, 0.25) is 5.95 Å². The third-order valence-electron chi connectivity index (χ3n) is 4.33. The molecule has 0 spiro atoms. The zero-order valence-electron chi connectivity index (χ0n) is 13.7. The van der Waals surface area contributed by atoms with E-state index in [1.807, 2.05) is 12.1 Å². The smallest absolute Gasteiger partial charge is 0.254 e. The van der Waals surface area contributed by atoms with Crippen LogP contribution in [0.4, 0.5) is 5.95 Å². The Balaban J connectivity index is 1.56. The summed E-state index contributed by atoms with van der Waals surface area (Å²) >= 11 is 5.85. The van der Waals surface area contributed by atoms with Crippen molar-refractivity contribution in [2.75, 3.05) is 18.0 Å². The number of carbonyl (C=O) groups excluding carboxylic acids is 1. The van der Waals surface area contributed by atoms with Gasteiger partial charge in [-0.3, -0.25) is 4.79 Å². The van der Waals surface area contributed by atoms with Crippen molar-refractivity contribution in [3.05, 3.63) is 52.8 Å². The Morgan fingerprint density at radius 2 is 1.83 bits per heavy atom. The molecule has 0 saturated carbocycles. The molecule has 1 amide bonds. The zero-order chi connectivity index (χ0) is 16.9. The number of nitrogens with zero attached hydrogens (tertiary/aromatic N) is 3. The molecule has 1 aliphatic rings. The van der Waals surface area contributed by atoms with Crippen molar-refractivity contribution in [1.29, 1.82) is 0 Å². The van der Waals surface area contributed by atoms with Crippen LogP contribution in [0.3, 0.4) is 0 Å². The molecular weight excluding hydrogens is 324 g/mol. The number of anilines is 1. The molecule has 24 heavy (non-hydrogen) atoms. The van der Waals surface area contributed by atoms with Crippen molar-refractivity contribution < 1.29 is 4.79 Å². The minimum absolute atomic E-state index is 0.177. The van der Waals surface area contributed by atoms with Gasteiger partial charge < -0.3 is 10.2 Å². The molecule has 1 aromatic carbocycles. The van der Waals surface area contributed by atoms with Gasteiger partial charge in [0.25, 0.3) is 5.91 Å². The van der Waals surface area contributed by atoms with Crippen molar-refractivity contribution in [3.8, 4) is 0 Å². The third kappa shape index (κ3) is 4.23. The quantitative estimate of drug-likeness (QED) is 0.924. The normalized spacial score (nSPS) is 15.3. The molecule has 1 aliphatic heterocycles. The van der Waals surface area contributed by atoms with Crippen LogP contribution < -0.4 is 10.2 Å². The predicted octanol–water partition coefficient (Wildman–Crippen LogP) is 3.30. The number of aromatic nitrogens is 2. The van der Waals surface area contributed by atoms with Crippen molar-refractivity contribution in [1.82, 2.24) is 15.3 Å². The van der Waals surface area contributed by atoms with E-state index in [0.717, 1.165) is 37.4 Å². The molecule has 2 aromatic rings. The molecule has 1 fully saturated rings. The highest BCUT2D eigenvalue weighted by Gasteiger charge is 2.18. The van der Waals surface area contributed by atoms with E-state index in [2.05, 4.69) is 27.1 Å². The van der Waals surface area contributed by atoms with Crippen LogP contribution >= 0.6 is 11.6 Å². The van der Waals surface area contributed by atoms with E-state index in [4.69, 9.17) is 11.6 Å². The molecule has 6 heteroatoms. The van der Waals surface area contributed by atoms with E-state index in [-0.39, 0.29) is 5.91 Å². The minimum atomic E-state index is -0.177. The Morgan fingerprint density at radius 1 is 1.21 bits per heavy atom. The summed E-state index contributed by atoms with van der Waals surface area (Å²) in [6, 6.07) is 7.39. The van der Waals surface area contributed by atoms with E-state index < -0.39 is 0 Å². The number of carbonyl (C=O) groups is 1. The second-order valence-corrected chi connectivity index (χ2v) is 6.69. The van der Waals surface area contributed by atoms with Gasteiger partial charge in [-0.2, -0.15) is 0 Å². The summed E-state index contributed by atoms with van der Waals surface area (Å²) < 4.78 is 0. The average Bonchev–Trinajstić information content (AvgIpc) is 2.62. The second-order valence-electron chi connectivity index (χ2n) is 6.25. The van der Waals surface area contributed by atoms with Gasteiger partial charge in [-0.15, -0.1) is 0 Å². The number of halogens is 1. The summed E-state index contributed by atoms with van der Waals surface area (Å²) in [5, 5.41) is 3.55. The molecule has 0 atom stereocenters. The molecule has 0 bridgehead atoms. The minimum Gasteiger partial charge on any atom is -0.348 e. The number of hydrogen-bond donors (Lipinski definition) is 1. The first-order valence-corrected chi connectivity index (χ1v) is 8.59. The van der Waals surface area contributed by atoms with Crippen molar-refractivity contribution >= 4 is 23.5 Å². The molecule has 126 valence electrons. The molecule has 1 N–H and O–H groups in total. The molecule has 3 rings (SSSR count). The Morgan fingerprint density at radius 3 is 2.46 bits per heavy atom. The second kappa shape index (κ2) is 7.62. The molecular formula is C18H21ClN4O. The maximum Gasteiger partial charge on any atom is 0.254 e. The van der Waals surface area contributed by atoms with Crippen LogP contribution in [0, 0.1) is 5.92 Å². The largest absolute Gasteiger partial charge is 0.348 e. The fourth-order valence-corrected chi connectivity index (χ4v) is 2.82. The summed E-state index contributed by atoms with van der Waals surface area (Å²) in [6.07, 6.45) is 5.51. The molecule has 1 saturated heterocycles. The van der Waals surface area contributed by atoms with Gasteiger partial charge in [0.1, 0.15) is 0 Å². The van der Waals surface area contributed by atoms with E-state index >= 15 is 0 Å². The van der Waals surface area contributed by atoms with Crippen LogP contribution in [-0.2, 0) is 6.54 Å². The van der Waals surface area contributed by atoms with Crippen molar-refractivity contribution in [2.45, 2.75) is 26.3 Å². The first kappa shape index (κ1) is 16.7. The lowest BCUT2D eigenvalue weighted by molar-refractivity contribution is 0.0950. The maximum atomic E-state index is 12.2. The SMILES string of the molecule is CC1CCN(c2ncc(C(=O)NCc3ccc(Cl)cc3)cn2)CC1. The Kier molecular flexibility index (Phi) is 5.30. The lowest BCUT2D eigenvalue weighted by atomic mass is 10.00. The Bertz CT molecular complexity index is 679. The number of amides is 1. The first-order valence-electron chi connectivity index (χ1n) is 8.21. The molecule has 0 radical (unpaired) electrons. The average molecular weight is 345 g/mol. The van der Waals surface area contributed by atoms with Crippen molar-refractivity contribution in [3.63, 3.8) is 0 Å². The highest BCUT2D eigenvalue weighted by Crippen LogP contribution is 2.19. The Hall–Kier alpha value is -2.14. The van der Waals surface area contributed by atoms with Gasteiger partial charge in [-0.25, -0.2) is 9.97 Å². The van der Waals surface area contributed by atoms with Crippen LogP contribution in [0.2, 0.25) is 5.02 Å². The van der Waals surface area contributed by atoms with Gasteiger partial charge in [-0.05, 0) is 36.5 Å². The van der Waals surface area contributed by atoms with Crippen molar-refractivity contribution in [2.24, 2.45) is 5.92 Å². The predicted molar refractivity (Wildman–Crippen MR) is 95.3 cm³/mol. The number of rotatable bonds is 4. The standard InChI is InChI=1S/C18H21ClN4O/c1-13-6-8-23(9-7-13)18-21-11-15(12-22-18)17(24)20-10-14-2-4-16(19)5-3-14/h2-5,11-13H,6-10H2,1H3,(H,20,24). The van der Waals surface area contributed by atoms with Crippen LogP contribution in [0.5, 0.6) is 0 Å². The topological polar surface area (TPSA) is 58.1 Å². The van der Waals surface area contributed by atoms with Crippen LogP contribution in [0.1, 0.15) is 35.7 Å². The molecule has 1 aromatic heterocycles. The fourth-order valence-electron chi connectivity index (χ4n) is 2.70. The summed E-state index contributed by atoms with van der Waals surface area (Å²) in [7, 11) is 0. The van der Waals surface area contributed by atoms with E-state index in [1.54, 1.807) is 24.5 Å². The van der Waals surface area contributed by atoms with Gasteiger partial charge in [0.15, 0.2) is 0 Å². The molecule has 0 aliphatic carbocycles. The zero-order valence-corrected chi connectivity index (χ0v) is 14.5. The van der Waals surface area contributed by atoms with Crippen LogP contribution in [-0.4, -0.2) is 29.0 Å². The van der Waals surface area contributed by atoms with Crippen LogP contribution in [0.25, 0.3) is 0 Å². The lowest BCUT2D eigenvalue weighted by Crippen LogP contribution is -2.34. The maximum absolute atomic E-state index is 12.2. The van der Waals surface area contributed by atoms with Gasteiger partial charge in [-0.1, -0.05) is 30.7 Å². The highest BCUT2D eigenvalue weighted by atomic mass is 35.5. The van der Waals surface area contributed by atoms with E-state index in [9.17, 15) is 4.79 Å². The van der Waals surface area contributed by atoms with Gasteiger partial charge >= 0.3 is 0 Å². The first-order chi connectivity index (χ1) is 11.6. The number of benzene rings is 1. The highest BCUT2D eigenvalue weighted by molar-refractivity contribution is 6.30. The fraction of sp³-hybridized carbons (Fsp3) is 0.389. The van der Waals surface area contributed by atoms with Gasteiger partial charge in [0.05, 0.1) is 5.56 Å². The molecule has 0 unspecified atom stereocenters. The summed E-state index contributed by atoms with van der Waals surface area (Å²) in [5.74, 6) is 1.29. The molecule has 2 heterocycles. The third-order valence-corrected chi connectivity index (χ3v) is 4.59. The summed E-state index contributed by atoms with van der Waals surface area (Å²) in [6.45, 7) is 4.67. The van der Waals surface area contributed by atoms with Gasteiger partial charge in [0, 0.05) is 37.1 Å². The van der Waals surface area contributed by atoms with E-state index in [1.165, 1.54) is 0 Å². The summed E-state index contributed by atoms with van der Waals surface area (Å²) in [5.41, 5.74) is 1.46.